The largest absolute Gasteiger partial charge is 0.352 e. The van der Waals surface area contributed by atoms with Gasteiger partial charge in [0.25, 0.3) is 5.91 Å². The van der Waals surface area contributed by atoms with Gasteiger partial charge in [-0.2, -0.15) is 0 Å². The number of likely N-dealkylation sites (tertiary alicyclic amines) is 1. The van der Waals surface area contributed by atoms with Crippen LogP contribution in [0.3, 0.4) is 0 Å². The Hall–Kier alpha value is -3.13. The summed E-state index contributed by atoms with van der Waals surface area (Å²) in [6.07, 6.45) is 8.96. The predicted octanol–water partition coefficient (Wildman–Crippen LogP) is 3.83. The highest BCUT2D eigenvalue weighted by molar-refractivity contribution is 6.30. The lowest BCUT2D eigenvalue weighted by atomic mass is 9.94. The number of aromatic nitrogens is 4. The summed E-state index contributed by atoms with van der Waals surface area (Å²) in [6, 6.07) is 6.25. The van der Waals surface area contributed by atoms with E-state index in [0.29, 0.717) is 41.4 Å². The van der Waals surface area contributed by atoms with Gasteiger partial charge in [0.2, 0.25) is 5.95 Å². The first-order chi connectivity index (χ1) is 15.1. The van der Waals surface area contributed by atoms with Gasteiger partial charge in [-0.3, -0.25) is 4.79 Å². The van der Waals surface area contributed by atoms with Gasteiger partial charge in [-0.15, -0.1) is 0 Å². The van der Waals surface area contributed by atoms with E-state index in [9.17, 15) is 9.18 Å². The second-order valence-electron chi connectivity index (χ2n) is 8.06. The number of nitrogens with zero attached hydrogens (tertiary/aromatic N) is 5. The van der Waals surface area contributed by atoms with Crippen molar-refractivity contribution in [3.63, 3.8) is 0 Å². The number of carbonyl (C=O) groups excluding carboxylic acids is 1. The van der Waals surface area contributed by atoms with Crippen LogP contribution in [0, 0.1) is 11.7 Å². The zero-order chi connectivity index (χ0) is 21.4. The van der Waals surface area contributed by atoms with Crippen LogP contribution in [0.2, 0.25) is 5.02 Å². The standard InChI is InChI=1S/C22H20ClFN6O/c23-15-10-27-21(28-11-15)29-13-22-6-5-14(9-22)12-30(22)20(31)18-16(3-1-4-17(18)24)19-25-7-2-8-26-19/h1-4,7-8,10-11,14H,5-6,9,12-13H2,(H,27,28,29). The molecule has 0 radical (unpaired) electrons. The molecule has 2 fully saturated rings. The molecule has 1 amide bonds. The molecule has 9 heteroatoms. The topological polar surface area (TPSA) is 83.9 Å². The molecular weight excluding hydrogens is 419 g/mol. The third-order valence-corrected chi connectivity index (χ3v) is 6.37. The van der Waals surface area contributed by atoms with Gasteiger partial charge in [-0.25, -0.2) is 24.3 Å². The van der Waals surface area contributed by atoms with Crippen molar-refractivity contribution in [3.05, 3.63) is 65.5 Å². The Morgan fingerprint density at radius 3 is 2.71 bits per heavy atom. The van der Waals surface area contributed by atoms with E-state index in [1.165, 1.54) is 18.5 Å². The first-order valence-electron chi connectivity index (χ1n) is 10.1. The van der Waals surface area contributed by atoms with Crippen LogP contribution < -0.4 is 5.32 Å². The predicted molar refractivity (Wildman–Crippen MR) is 114 cm³/mol. The molecule has 7 nitrogen and oxygen atoms in total. The molecular formula is C22H20ClFN6O. The number of rotatable bonds is 5. The molecule has 31 heavy (non-hydrogen) atoms. The maximum absolute atomic E-state index is 14.9. The van der Waals surface area contributed by atoms with Crippen molar-refractivity contribution < 1.29 is 9.18 Å². The number of carbonyl (C=O) groups is 1. The Morgan fingerprint density at radius 1 is 1.19 bits per heavy atom. The highest BCUT2D eigenvalue weighted by atomic mass is 35.5. The van der Waals surface area contributed by atoms with Crippen molar-refractivity contribution in [2.45, 2.75) is 24.8 Å². The van der Waals surface area contributed by atoms with E-state index in [-0.39, 0.29) is 11.5 Å². The van der Waals surface area contributed by atoms with E-state index < -0.39 is 11.4 Å². The monoisotopic (exact) mass is 438 g/mol. The second kappa shape index (κ2) is 7.85. The van der Waals surface area contributed by atoms with Gasteiger partial charge in [-0.1, -0.05) is 23.7 Å². The van der Waals surface area contributed by atoms with Gasteiger partial charge >= 0.3 is 0 Å². The summed E-state index contributed by atoms with van der Waals surface area (Å²) in [4.78, 5) is 32.3. The van der Waals surface area contributed by atoms with E-state index in [2.05, 4.69) is 25.3 Å². The van der Waals surface area contributed by atoms with Crippen LogP contribution in [0.4, 0.5) is 10.3 Å². The molecule has 5 rings (SSSR count). The van der Waals surface area contributed by atoms with Crippen molar-refractivity contribution in [2.24, 2.45) is 5.92 Å². The Morgan fingerprint density at radius 2 is 1.97 bits per heavy atom. The fourth-order valence-electron chi connectivity index (χ4n) is 4.77. The maximum Gasteiger partial charge on any atom is 0.258 e. The Kier molecular flexibility index (Phi) is 5.02. The Balaban J connectivity index is 1.46. The van der Waals surface area contributed by atoms with Gasteiger partial charge < -0.3 is 10.2 Å². The van der Waals surface area contributed by atoms with Crippen LogP contribution in [0.1, 0.15) is 29.6 Å². The maximum atomic E-state index is 14.9. The molecule has 1 saturated heterocycles. The minimum Gasteiger partial charge on any atom is -0.352 e. The third-order valence-electron chi connectivity index (χ3n) is 6.18. The number of halogens is 2. The van der Waals surface area contributed by atoms with Crippen LogP contribution in [0.15, 0.2) is 49.1 Å². The van der Waals surface area contributed by atoms with Crippen molar-refractivity contribution in [3.8, 4) is 11.4 Å². The number of hydrogen-bond acceptors (Lipinski definition) is 6. The molecule has 2 aromatic heterocycles. The van der Waals surface area contributed by atoms with Gasteiger partial charge in [0.05, 0.1) is 28.5 Å². The lowest BCUT2D eigenvalue weighted by Gasteiger charge is -2.39. The summed E-state index contributed by atoms with van der Waals surface area (Å²) in [7, 11) is 0. The smallest absolute Gasteiger partial charge is 0.258 e. The highest BCUT2D eigenvalue weighted by Gasteiger charge is 2.53. The van der Waals surface area contributed by atoms with E-state index in [0.717, 1.165) is 19.3 Å². The summed E-state index contributed by atoms with van der Waals surface area (Å²) in [5.74, 6) is 0.283. The number of hydrogen-bond donors (Lipinski definition) is 1. The van der Waals surface area contributed by atoms with Crippen LogP contribution in [0.25, 0.3) is 11.4 Å². The summed E-state index contributed by atoms with van der Waals surface area (Å²) < 4.78 is 14.9. The number of piperidine rings is 1. The fraction of sp³-hybridized carbons (Fsp3) is 0.318. The first-order valence-corrected chi connectivity index (χ1v) is 10.5. The number of amides is 1. The van der Waals surface area contributed by atoms with E-state index in [1.807, 2.05) is 4.90 Å². The zero-order valence-electron chi connectivity index (χ0n) is 16.6. The molecule has 1 aliphatic heterocycles. The average Bonchev–Trinajstić information content (AvgIpc) is 3.38. The summed E-state index contributed by atoms with van der Waals surface area (Å²) in [5, 5.41) is 3.69. The molecule has 1 N–H and O–H groups in total. The van der Waals surface area contributed by atoms with Crippen molar-refractivity contribution >= 4 is 23.5 Å². The molecule has 2 unspecified atom stereocenters. The quantitative estimate of drug-likeness (QED) is 0.651. The summed E-state index contributed by atoms with van der Waals surface area (Å²) >= 11 is 5.86. The molecule has 2 atom stereocenters. The molecule has 1 aromatic carbocycles. The van der Waals surface area contributed by atoms with Crippen molar-refractivity contribution in [1.29, 1.82) is 0 Å². The summed E-state index contributed by atoms with van der Waals surface area (Å²) in [6.45, 7) is 1.09. The third kappa shape index (κ3) is 3.61. The number of benzene rings is 1. The van der Waals surface area contributed by atoms with E-state index >= 15 is 0 Å². The molecule has 3 aromatic rings. The highest BCUT2D eigenvalue weighted by Crippen LogP contribution is 2.47. The van der Waals surface area contributed by atoms with Gasteiger partial charge in [0.1, 0.15) is 5.82 Å². The molecule has 1 aliphatic carbocycles. The normalized spacial score (nSPS) is 22.0. The van der Waals surface area contributed by atoms with Crippen LogP contribution in [0.5, 0.6) is 0 Å². The molecule has 0 spiro atoms. The van der Waals surface area contributed by atoms with Gasteiger partial charge in [0, 0.05) is 31.0 Å². The van der Waals surface area contributed by atoms with Gasteiger partial charge in [-0.05, 0) is 37.3 Å². The van der Waals surface area contributed by atoms with E-state index in [1.54, 1.807) is 30.6 Å². The summed E-state index contributed by atoms with van der Waals surface area (Å²) in [5.41, 5.74) is 0.00265. The van der Waals surface area contributed by atoms with Crippen LogP contribution in [-0.2, 0) is 0 Å². The van der Waals surface area contributed by atoms with Crippen molar-refractivity contribution in [2.75, 3.05) is 18.4 Å². The Labute approximate surface area is 183 Å². The van der Waals surface area contributed by atoms with Gasteiger partial charge in [0.15, 0.2) is 5.82 Å². The minimum absolute atomic E-state index is 0.0170. The average molecular weight is 439 g/mol. The molecule has 158 valence electrons. The number of fused-ring (bicyclic) bond motifs is 2. The Bertz CT molecular complexity index is 1110. The van der Waals surface area contributed by atoms with Crippen LogP contribution >= 0.6 is 11.6 Å². The van der Waals surface area contributed by atoms with Crippen LogP contribution in [-0.4, -0.2) is 49.4 Å². The molecule has 2 bridgehead atoms. The SMILES string of the molecule is O=C(c1c(F)cccc1-c1ncccn1)N1CC2CCC1(CNc1ncc(Cl)cn1)C2. The van der Waals surface area contributed by atoms with Crippen molar-refractivity contribution in [1.82, 2.24) is 24.8 Å². The lowest BCUT2D eigenvalue weighted by molar-refractivity contribution is 0.0563. The zero-order valence-corrected chi connectivity index (χ0v) is 17.4. The number of nitrogens with one attached hydrogen (secondary N) is 1. The first kappa shape index (κ1) is 19.8. The fourth-order valence-corrected chi connectivity index (χ4v) is 4.87. The second-order valence-corrected chi connectivity index (χ2v) is 8.50. The molecule has 3 heterocycles. The number of anilines is 1. The molecule has 2 aliphatic rings. The molecule has 1 saturated carbocycles. The minimum atomic E-state index is -0.568. The van der Waals surface area contributed by atoms with E-state index in [4.69, 9.17) is 11.6 Å². The lowest BCUT2D eigenvalue weighted by Crippen LogP contribution is -2.52.